The molecule has 1 amide bonds. The minimum atomic E-state index is -0.194. The standard InChI is InChI=1S/C14H13N3O2/c1-10-13(9-11-3-5-12(18)6-4-11)14(19)17(16-10)8-2-7-15/h3-6,9,18H,2,8H2,1H3/b13-9-. The maximum atomic E-state index is 12.1. The van der Waals surface area contributed by atoms with Gasteiger partial charge in [0.2, 0.25) is 0 Å². The monoisotopic (exact) mass is 255 g/mol. The first-order valence-corrected chi connectivity index (χ1v) is 5.87. The first-order chi connectivity index (χ1) is 9.11. The van der Waals surface area contributed by atoms with Crippen LogP contribution in [0.2, 0.25) is 0 Å². The highest BCUT2D eigenvalue weighted by atomic mass is 16.3. The van der Waals surface area contributed by atoms with Crippen LogP contribution in [0, 0.1) is 11.3 Å². The molecule has 0 saturated carbocycles. The highest BCUT2D eigenvalue weighted by molar-refractivity contribution is 6.26. The summed E-state index contributed by atoms with van der Waals surface area (Å²) in [4.78, 5) is 12.1. The number of nitrogens with zero attached hydrogens (tertiary/aromatic N) is 3. The van der Waals surface area contributed by atoms with Crippen molar-refractivity contribution in [3.05, 3.63) is 35.4 Å². The third-order valence-electron chi connectivity index (χ3n) is 2.76. The van der Waals surface area contributed by atoms with E-state index in [0.717, 1.165) is 5.56 Å². The second-order valence-corrected chi connectivity index (χ2v) is 4.17. The first-order valence-electron chi connectivity index (χ1n) is 5.87. The predicted octanol–water partition coefficient (Wildman–Crippen LogP) is 1.91. The number of rotatable bonds is 3. The minimum Gasteiger partial charge on any atom is -0.508 e. The van der Waals surface area contributed by atoms with E-state index in [0.29, 0.717) is 17.8 Å². The number of carbonyl (C=O) groups is 1. The number of hydrogen-bond donors (Lipinski definition) is 1. The molecule has 0 atom stereocenters. The summed E-state index contributed by atoms with van der Waals surface area (Å²) in [5, 5.41) is 23.2. The lowest BCUT2D eigenvalue weighted by atomic mass is 10.1. The van der Waals surface area contributed by atoms with Crippen molar-refractivity contribution < 1.29 is 9.90 Å². The van der Waals surface area contributed by atoms with Crippen molar-refractivity contribution in [2.45, 2.75) is 13.3 Å². The van der Waals surface area contributed by atoms with Gasteiger partial charge in [-0.25, -0.2) is 5.01 Å². The normalized spacial score (nSPS) is 16.6. The van der Waals surface area contributed by atoms with Crippen molar-refractivity contribution in [3.8, 4) is 11.8 Å². The molecule has 0 spiro atoms. The number of phenolic OH excluding ortho intramolecular Hbond substituents is 1. The van der Waals surface area contributed by atoms with Crippen LogP contribution in [-0.2, 0) is 4.79 Å². The highest BCUT2D eigenvalue weighted by Gasteiger charge is 2.26. The summed E-state index contributed by atoms with van der Waals surface area (Å²) in [6.07, 6.45) is 1.99. The summed E-state index contributed by atoms with van der Waals surface area (Å²) in [5.74, 6) is -0.0123. The molecule has 96 valence electrons. The Bertz CT molecular complexity index is 594. The van der Waals surface area contributed by atoms with E-state index in [2.05, 4.69) is 5.10 Å². The van der Waals surface area contributed by atoms with Crippen molar-refractivity contribution in [2.24, 2.45) is 5.10 Å². The van der Waals surface area contributed by atoms with Gasteiger partial charge in [-0.2, -0.15) is 10.4 Å². The molecule has 0 unspecified atom stereocenters. The van der Waals surface area contributed by atoms with E-state index in [9.17, 15) is 9.90 Å². The van der Waals surface area contributed by atoms with E-state index in [-0.39, 0.29) is 18.1 Å². The number of nitriles is 1. The van der Waals surface area contributed by atoms with Crippen LogP contribution in [0.5, 0.6) is 5.75 Å². The van der Waals surface area contributed by atoms with Gasteiger partial charge in [-0.3, -0.25) is 4.79 Å². The molecule has 1 aromatic carbocycles. The molecule has 0 saturated heterocycles. The fourth-order valence-corrected chi connectivity index (χ4v) is 1.78. The smallest absolute Gasteiger partial charge is 0.275 e. The molecule has 1 heterocycles. The molecule has 5 heteroatoms. The molecule has 1 N–H and O–H groups in total. The molecule has 0 radical (unpaired) electrons. The molecule has 0 bridgehead atoms. The van der Waals surface area contributed by atoms with Gasteiger partial charge in [0.15, 0.2) is 0 Å². The summed E-state index contributed by atoms with van der Waals surface area (Å²) in [5.41, 5.74) is 1.97. The van der Waals surface area contributed by atoms with Crippen LogP contribution in [0.25, 0.3) is 6.08 Å². The van der Waals surface area contributed by atoms with Crippen molar-refractivity contribution in [3.63, 3.8) is 0 Å². The van der Waals surface area contributed by atoms with Gasteiger partial charge < -0.3 is 5.11 Å². The zero-order valence-corrected chi connectivity index (χ0v) is 10.5. The zero-order chi connectivity index (χ0) is 13.8. The van der Waals surface area contributed by atoms with Gasteiger partial charge in [0, 0.05) is 0 Å². The van der Waals surface area contributed by atoms with Gasteiger partial charge in [0.05, 0.1) is 30.3 Å². The van der Waals surface area contributed by atoms with Crippen molar-refractivity contribution in [1.82, 2.24) is 5.01 Å². The lowest BCUT2D eigenvalue weighted by Crippen LogP contribution is -2.22. The number of amides is 1. The Labute approximate surface area is 111 Å². The zero-order valence-electron chi connectivity index (χ0n) is 10.5. The molecule has 5 nitrogen and oxygen atoms in total. The lowest BCUT2D eigenvalue weighted by molar-refractivity contribution is -0.125. The largest absolute Gasteiger partial charge is 0.508 e. The number of hydrogen-bond acceptors (Lipinski definition) is 4. The molecular weight excluding hydrogens is 242 g/mol. The number of hydrazone groups is 1. The van der Waals surface area contributed by atoms with Crippen LogP contribution in [0.1, 0.15) is 18.9 Å². The summed E-state index contributed by atoms with van der Waals surface area (Å²) in [7, 11) is 0. The molecule has 19 heavy (non-hydrogen) atoms. The molecular formula is C14H13N3O2. The van der Waals surface area contributed by atoms with Gasteiger partial charge in [-0.15, -0.1) is 0 Å². The molecule has 1 aromatic rings. The van der Waals surface area contributed by atoms with Crippen LogP contribution in [0.4, 0.5) is 0 Å². The summed E-state index contributed by atoms with van der Waals surface area (Å²) in [6.45, 7) is 2.07. The average molecular weight is 255 g/mol. The number of benzene rings is 1. The Balaban J connectivity index is 2.22. The van der Waals surface area contributed by atoms with E-state index in [1.165, 1.54) is 5.01 Å². The summed E-state index contributed by atoms with van der Waals surface area (Å²) < 4.78 is 0. The minimum absolute atomic E-state index is 0.181. The second kappa shape index (κ2) is 5.36. The predicted molar refractivity (Wildman–Crippen MR) is 71.1 cm³/mol. The van der Waals surface area contributed by atoms with Crippen LogP contribution >= 0.6 is 0 Å². The average Bonchev–Trinajstić information content (AvgIpc) is 2.66. The molecule has 1 aliphatic heterocycles. The fraction of sp³-hybridized carbons (Fsp3) is 0.214. The first kappa shape index (κ1) is 12.8. The van der Waals surface area contributed by atoms with Crippen molar-refractivity contribution in [1.29, 1.82) is 5.26 Å². The quantitative estimate of drug-likeness (QED) is 0.838. The number of carbonyl (C=O) groups excluding carboxylic acids is 1. The van der Waals surface area contributed by atoms with Gasteiger partial charge in [-0.05, 0) is 30.7 Å². The van der Waals surface area contributed by atoms with Gasteiger partial charge in [-0.1, -0.05) is 12.1 Å². The van der Waals surface area contributed by atoms with Gasteiger partial charge in [0.25, 0.3) is 5.91 Å². The Morgan fingerprint density at radius 3 is 2.74 bits per heavy atom. The molecule has 0 aromatic heterocycles. The van der Waals surface area contributed by atoms with Crippen LogP contribution < -0.4 is 0 Å². The van der Waals surface area contributed by atoms with Crippen molar-refractivity contribution in [2.75, 3.05) is 6.54 Å². The Hall–Kier alpha value is -2.61. The maximum Gasteiger partial charge on any atom is 0.275 e. The second-order valence-electron chi connectivity index (χ2n) is 4.17. The van der Waals surface area contributed by atoms with Crippen molar-refractivity contribution >= 4 is 17.7 Å². The fourth-order valence-electron chi connectivity index (χ4n) is 1.78. The van der Waals surface area contributed by atoms with E-state index in [1.54, 1.807) is 37.3 Å². The van der Waals surface area contributed by atoms with E-state index in [4.69, 9.17) is 5.26 Å². The molecule has 0 aliphatic carbocycles. The van der Waals surface area contributed by atoms with Gasteiger partial charge in [0.1, 0.15) is 5.75 Å². The topological polar surface area (TPSA) is 76.7 Å². The van der Waals surface area contributed by atoms with E-state index < -0.39 is 0 Å². The number of phenols is 1. The lowest BCUT2D eigenvalue weighted by Gasteiger charge is -2.08. The molecule has 0 fully saturated rings. The van der Waals surface area contributed by atoms with Crippen LogP contribution in [-0.4, -0.2) is 28.3 Å². The third-order valence-corrected chi connectivity index (χ3v) is 2.76. The highest BCUT2D eigenvalue weighted by Crippen LogP contribution is 2.19. The van der Waals surface area contributed by atoms with E-state index >= 15 is 0 Å². The Kier molecular flexibility index (Phi) is 3.62. The number of aromatic hydroxyl groups is 1. The summed E-state index contributed by atoms with van der Waals surface area (Å²) in [6, 6.07) is 8.56. The Morgan fingerprint density at radius 2 is 2.11 bits per heavy atom. The maximum absolute atomic E-state index is 12.1. The summed E-state index contributed by atoms with van der Waals surface area (Å²) >= 11 is 0. The van der Waals surface area contributed by atoms with E-state index in [1.807, 2.05) is 6.07 Å². The Morgan fingerprint density at radius 1 is 1.42 bits per heavy atom. The molecule has 1 aliphatic rings. The van der Waals surface area contributed by atoms with Crippen LogP contribution in [0.3, 0.4) is 0 Å². The van der Waals surface area contributed by atoms with Gasteiger partial charge >= 0.3 is 0 Å². The molecule has 2 rings (SSSR count). The SMILES string of the molecule is CC1=NN(CCC#N)C(=O)/C1=C\c1ccc(O)cc1. The third kappa shape index (κ3) is 2.80. The van der Waals surface area contributed by atoms with Crippen LogP contribution in [0.15, 0.2) is 34.9 Å².